The molecule has 1 aromatic carbocycles. The normalized spacial score (nSPS) is 19.5. The third-order valence-electron chi connectivity index (χ3n) is 3.14. The molecule has 2 unspecified atom stereocenters. The van der Waals surface area contributed by atoms with Crippen molar-refractivity contribution in [3.05, 3.63) is 54.1 Å². The second-order valence-corrected chi connectivity index (χ2v) is 4.15. The van der Waals surface area contributed by atoms with Crippen LogP contribution in [0, 0.1) is 0 Å². The number of fused-ring (bicyclic) bond motifs is 1. The molecule has 0 saturated heterocycles. The van der Waals surface area contributed by atoms with Gasteiger partial charge in [0.05, 0.1) is 6.61 Å². The van der Waals surface area contributed by atoms with E-state index in [4.69, 9.17) is 10.5 Å². The lowest BCUT2D eigenvalue weighted by molar-refractivity contribution is 0.315. The first-order valence-corrected chi connectivity index (χ1v) is 5.58. The largest absolute Gasteiger partial charge is 0.493 e. The van der Waals surface area contributed by atoms with Gasteiger partial charge in [0, 0.05) is 35.5 Å². The van der Waals surface area contributed by atoms with Gasteiger partial charge in [0.25, 0.3) is 0 Å². The number of hydrogen-bond acceptors (Lipinski definition) is 4. The van der Waals surface area contributed by atoms with E-state index in [-0.39, 0.29) is 12.0 Å². The fourth-order valence-electron chi connectivity index (χ4n) is 2.20. The molecule has 1 aliphatic rings. The lowest BCUT2D eigenvalue weighted by Crippen LogP contribution is -2.21. The van der Waals surface area contributed by atoms with Crippen molar-refractivity contribution in [1.29, 1.82) is 0 Å². The molecule has 1 aromatic heterocycles. The zero-order valence-corrected chi connectivity index (χ0v) is 9.28. The van der Waals surface area contributed by atoms with Gasteiger partial charge in [-0.3, -0.25) is 0 Å². The van der Waals surface area contributed by atoms with E-state index in [0.717, 1.165) is 11.3 Å². The summed E-state index contributed by atoms with van der Waals surface area (Å²) in [5.41, 5.74) is 8.37. The Morgan fingerprint density at radius 2 is 2.00 bits per heavy atom. The summed E-state index contributed by atoms with van der Waals surface area (Å²) in [4.78, 5) is 8.00. The Labute approximate surface area is 99.5 Å². The molecule has 0 radical (unpaired) electrons. The van der Waals surface area contributed by atoms with Crippen molar-refractivity contribution in [1.82, 2.24) is 9.97 Å². The molecular formula is C13H13N3O. The zero-order valence-electron chi connectivity index (χ0n) is 9.28. The van der Waals surface area contributed by atoms with Gasteiger partial charge in [0.1, 0.15) is 12.1 Å². The zero-order chi connectivity index (χ0) is 11.7. The maximum absolute atomic E-state index is 6.26. The number of rotatable bonds is 2. The van der Waals surface area contributed by atoms with Crippen molar-refractivity contribution in [2.24, 2.45) is 5.73 Å². The topological polar surface area (TPSA) is 61.0 Å². The van der Waals surface area contributed by atoms with E-state index in [2.05, 4.69) is 16.0 Å². The van der Waals surface area contributed by atoms with E-state index in [0.29, 0.717) is 6.61 Å². The van der Waals surface area contributed by atoms with Crippen molar-refractivity contribution in [2.75, 3.05) is 6.61 Å². The first kappa shape index (κ1) is 10.2. The summed E-state index contributed by atoms with van der Waals surface area (Å²) >= 11 is 0. The molecule has 86 valence electrons. The van der Waals surface area contributed by atoms with Crippen molar-refractivity contribution >= 4 is 0 Å². The van der Waals surface area contributed by atoms with Gasteiger partial charge in [-0.25, -0.2) is 9.97 Å². The van der Waals surface area contributed by atoms with Crippen LogP contribution < -0.4 is 10.5 Å². The molecule has 2 atom stereocenters. The van der Waals surface area contributed by atoms with E-state index < -0.39 is 0 Å². The second-order valence-electron chi connectivity index (χ2n) is 4.15. The molecule has 2 N–H and O–H groups in total. The average molecular weight is 227 g/mol. The first-order valence-electron chi connectivity index (χ1n) is 5.58. The number of hydrogen-bond donors (Lipinski definition) is 1. The Balaban J connectivity index is 1.92. The monoisotopic (exact) mass is 227 g/mol. The number of para-hydroxylation sites is 1. The van der Waals surface area contributed by atoms with E-state index >= 15 is 0 Å². The highest BCUT2D eigenvalue weighted by molar-refractivity contribution is 5.41. The highest BCUT2D eigenvalue weighted by Crippen LogP contribution is 2.39. The minimum Gasteiger partial charge on any atom is -0.493 e. The van der Waals surface area contributed by atoms with Crippen LogP contribution in [-0.4, -0.2) is 16.6 Å². The molecule has 0 fully saturated rings. The molecular weight excluding hydrogens is 214 g/mol. The van der Waals surface area contributed by atoms with Crippen LogP contribution in [0.3, 0.4) is 0 Å². The van der Waals surface area contributed by atoms with Crippen LogP contribution in [-0.2, 0) is 0 Å². The molecule has 4 nitrogen and oxygen atoms in total. The van der Waals surface area contributed by atoms with Crippen LogP contribution in [0.2, 0.25) is 0 Å². The van der Waals surface area contributed by atoms with Crippen molar-refractivity contribution in [2.45, 2.75) is 12.0 Å². The minimum absolute atomic E-state index is 0.125. The lowest BCUT2D eigenvalue weighted by atomic mass is 9.90. The van der Waals surface area contributed by atoms with Gasteiger partial charge in [0.2, 0.25) is 0 Å². The fraction of sp³-hybridized carbons (Fsp3) is 0.231. The Bertz CT molecular complexity index is 515. The summed E-state index contributed by atoms with van der Waals surface area (Å²) < 4.78 is 5.63. The van der Waals surface area contributed by atoms with E-state index in [1.54, 1.807) is 12.4 Å². The van der Waals surface area contributed by atoms with Gasteiger partial charge in [-0.2, -0.15) is 0 Å². The molecule has 2 aromatic rings. The van der Waals surface area contributed by atoms with Crippen molar-refractivity contribution in [3.63, 3.8) is 0 Å². The molecule has 0 bridgehead atoms. The highest BCUT2D eigenvalue weighted by atomic mass is 16.5. The van der Waals surface area contributed by atoms with Crippen LogP contribution >= 0.6 is 0 Å². The molecule has 0 aliphatic carbocycles. The summed E-state index contributed by atoms with van der Waals surface area (Å²) in [6.45, 7) is 0.620. The Hall–Kier alpha value is -1.94. The molecule has 0 amide bonds. The standard InChI is InChI=1S/C13H13N3O/c14-13(9-5-15-8-16-6-9)11-7-17-12-4-2-1-3-10(11)12/h1-6,8,11,13H,7,14H2. The van der Waals surface area contributed by atoms with E-state index in [9.17, 15) is 0 Å². The van der Waals surface area contributed by atoms with Crippen LogP contribution in [0.1, 0.15) is 23.1 Å². The Morgan fingerprint density at radius 3 is 2.82 bits per heavy atom. The fourth-order valence-corrected chi connectivity index (χ4v) is 2.20. The van der Waals surface area contributed by atoms with Gasteiger partial charge >= 0.3 is 0 Å². The SMILES string of the molecule is NC(c1cncnc1)C1COc2ccccc21. The van der Waals surface area contributed by atoms with Crippen LogP contribution in [0.25, 0.3) is 0 Å². The lowest BCUT2D eigenvalue weighted by Gasteiger charge is -2.17. The van der Waals surface area contributed by atoms with E-state index in [1.165, 1.54) is 11.9 Å². The van der Waals surface area contributed by atoms with Crippen molar-refractivity contribution < 1.29 is 4.74 Å². The predicted octanol–water partition coefficient (Wildman–Crippen LogP) is 1.65. The third kappa shape index (κ3) is 1.76. The smallest absolute Gasteiger partial charge is 0.122 e. The summed E-state index contributed by atoms with van der Waals surface area (Å²) in [6, 6.07) is 7.90. The summed E-state index contributed by atoms with van der Waals surface area (Å²) in [7, 11) is 0. The Kier molecular flexibility index (Phi) is 2.49. The van der Waals surface area contributed by atoms with Crippen LogP contribution in [0.5, 0.6) is 5.75 Å². The van der Waals surface area contributed by atoms with Gasteiger partial charge < -0.3 is 10.5 Å². The molecule has 3 rings (SSSR count). The molecule has 0 saturated carbocycles. The maximum Gasteiger partial charge on any atom is 0.122 e. The summed E-state index contributed by atoms with van der Waals surface area (Å²) in [5, 5.41) is 0. The van der Waals surface area contributed by atoms with Gasteiger partial charge in [-0.1, -0.05) is 18.2 Å². The van der Waals surface area contributed by atoms with Gasteiger partial charge in [0.15, 0.2) is 0 Å². The minimum atomic E-state index is -0.125. The molecule has 4 heteroatoms. The molecule has 2 heterocycles. The van der Waals surface area contributed by atoms with Crippen LogP contribution in [0.4, 0.5) is 0 Å². The number of ether oxygens (including phenoxy) is 1. The molecule has 1 aliphatic heterocycles. The Morgan fingerprint density at radius 1 is 1.24 bits per heavy atom. The maximum atomic E-state index is 6.26. The van der Waals surface area contributed by atoms with Gasteiger partial charge in [-0.15, -0.1) is 0 Å². The average Bonchev–Trinajstić information content (AvgIpc) is 2.83. The third-order valence-corrected chi connectivity index (χ3v) is 3.14. The molecule has 0 spiro atoms. The van der Waals surface area contributed by atoms with Crippen molar-refractivity contribution in [3.8, 4) is 5.75 Å². The number of nitrogens with zero attached hydrogens (tertiary/aromatic N) is 2. The van der Waals surface area contributed by atoms with Gasteiger partial charge in [-0.05, 0) is 6.07 Å². The highest BCUT2D eigenvalue weighted by Gasteiger charge is 2.30. The number of benzene rings is 1. The summed E-state index contributed by atoms with van der Waals surface area (Å²) in [5.74, 6) is 1.11. The summed E-state index contributed by atoms with van der Waals surface area (Å²) in [6.07, 6.45) is 5.03. The quantitative estimate of drug-likeness (QED) is 0.847. The second kappa shape index (κ2) is 4.14. The first-order chi connectivity index (χ1) is 8.36. The predicted molar refractivity (Wildman–Crippen MR) is 63.6 cm³/mol. The molecule has 17 heavy (non-hydrogen) atoms. The number of aromatic nitrogens is 2. The van der Waals surface area contributed by atoms with E-state index in [1.807, 2.05) is 18.2 Å². The number of nitrogens with two attached hydrogens (primary N) is 1. The van der Waals surface area contributed by atoms with Crippen LogP contribution in [0.15, 0.2) is 43.0 Å².